The molecule has 5 rings (SSSR count). The average molecular weight is 456 g/mol. The van der Waals surface area contributed by atoms with E-state index in [1.54, 1.807) is 36.0 Å². The standard InChI is InChI=1S/C24H19F3N2O2S/c1-32-15-8-6-14(7-9-15)17-10-20-19(11-18(17)25)28-23-13-30-12-21(29(20)23)16-4-2-3-5-22(16)31-24(26)27/h2-11,21,24H,12-13H2,1H3. The molecule has 164 valence electrons. The van der Waals surface area contributed by atoms with E-state index in [2.05, 4.69) is 4.98 Å². The molecule has 1 atom stereocenters. The maximum Gasteiger partial charge on any atom is 0.387 e. The first-order valence-corrected chi connectivity index (χ1v) is 11.2. The van der Waals surface area contributed by atoms with Crippen LogP contribution in [0.4, 0.5) is 13.2 Å². The van der Waals surface area contributed by atoms with Crippen molar-refractivity contribution in [3.05, 3.63) is 77.9 Å². The number of ether oxygens (including phenoxy) is 2. The summed E-state index contributed by atoms with van der Waals surface area (Å²) >= 11 is 1.62. The van der Waals surface area contributed by atoms with E-state index in [1.165, 1.54) is 12.1 Å². The van der Waals surface area contributed by atoms with Crippen molar-refractivity contribution in [2.45, 2.75) is 24.2 Å². The van der Waals surface area contributed by atoms with Gasteiger partial charge in [0.05, 0.1) is 23.7 Å². The SMILES string of the molecule is CSc1ccc(-c2cc3c(cc2F)nc2n3C(c3ccccc3OC(F)F)COC2)cc1. The Balaban J connectivity index is 1.66. The summed E-state index contributed by atoms with van der Waals surface area (Å²) in [4.78, 5) is 5.64. The summed E-state index contributed by atoms with van der Waals surface area (Å²) in [6.45, 7) is -2.43. The van der Waals surface area contributed by atoms with Crippen molar-refractivity contribution in [2.75, 3.05) is 12.9 Å². The Kier molecular flexibility index (Phi) is 5.57. The van der Waals surface area contributed by atoms with Crippen LogP contribution in [0.5, 0.6) is 5.75 Å². The van der Waals surface area contributed by atoms with E-state index in [9.17, 15) is 13.2 Å². The largest absolute Gasteiger partial charge is 0.434 e. The topological polar surface area (TPSA) is 36.3 Å². The second kappa shape index (κ2) is 8.52. The molecule has 0 saturated carbocycles. The molecule has 1 aromatic heterocycles. The first-order valence-electron chi connectivity index (χ1n) is 10.0. The van der Waals surface area contributed by atoms with Crippen LogP contribution in [0.1, 0.15) is 17.4 Å². The van der Waals surface area contributed by atoms with Gasteiger partial charge in [-0.2, -0.15) is 8.78 Å². The molecule has 0 amide bonds. The summed E-state index contributed by atoms with van der Waals surface area (Å²) in [6.07, 6.45) is 1.98. The molecule has 1 unspecified atom stereocenters. The molecule has 4 nitrogen and oxygen atoms in total. The maximum atomic E-state index is 15.0. The van der Waals surface area contributed by atoms with Crippen molar-refractivity contribution >= 4 is 22.8 Å². The van der Waals surface area contributed by atoms with Gasteiger partial charge in [0, 0.05) is 22.1 Å². The van der Waals surface area contributed by atoms with Crippen molar-refractivity contribution < 1.29 is 22.6 Å². The fourth-order valence-corrected chi connectivity index (χ4v) is 4.54. The molecule has 3 aromatic carbocycles. The van der Waals surface area contributed by atoms with Crippen LogP contribution >= 0.6 is 11.8 Å². The van der Waals surface area contributed by atoms with Gasteiger partial charge in [-0.25, -0.2) is 9.37 Å². The molecule has 0 radical (unpaired) electrons. The normalized spacial score (nSPS) is 15.8. The summed E-state index contributed by atoms with van der Waals surface area (Å²) in [5.74, 6) is 0.321. The predicted molar refractivity (Wildman–Crippen MR) is 118 cm³/mol. The highest BCUT2D eigenvalue weighted by atomic mass is 32.2. The number of imidazole rings is 1. The molecule has 2 heterocycles. The molecule has 0 N–H and O–H groups in total. The van der Waals surface area contributed by atoms with Gasteiger partial charge in [-0.05, 0) is 36.1 Å². The van der Waals surface area contributed by atoms with Crippen LogP contribution in [0, 0.1) is 5.82 Å². The number of para-hydroxylation sites is 1. The Morgan fingerprint density at radius 3 is 2.66 bits per heavy atom. The number of alkyl halides is 2. The van der Waals surface area contributed by atoms with Gasteiger partial charge in [0.25, 0.3) is 0 Å². The summed E-state index contributed by atoms with van der Waals surface area (Å²) in [5, 5.41) is 0. The molecular formula is C24H19F3N2O2S. The fraction of sp³-hybridized carbons (Fsp3) is 0.208. The van der Waals surface area contributed by atoms with Crippen LogP contribution in [0.15, 0.2) is 65.6 Å². The van der Waals surface area contributed by atoms with Crippen LogP contribution in [-0.4, -0.2) is 29.0 Å². The Bertz CT molecular complexity index is 1270. The van der Waals surface area contributed by atoms with Gasteiger partial charge in [-0.15, -0.1) is 11.8 Å². The molecule has 1 aliphatic rings. The van der Waals surface area contributed by atoms with E-state index in [0.717, 1.165) is 10.5 Å². The first kappa shape index (κ1) is 20.9. The Hall–Kier alpha value is -2.97. The molecule has 32 heavy (non-hydrogen) atoms. The van der Waals surface area contributed by atoms with Crippen molar-refractivity contribution in [3.8, 4) is 16.9 Å². The number of rotatable bonds is 5. The minimum Gasteiger partial charge on any atom is -0.434 e. The summed E-state index contributed by atoms with van der Waals surface area (Å²) in [5.41, 5.74) is 2.97. The highest BCUT2D eigenvalue weighted by Gasteiger charge is 2.29. The van der Waals surface area contributed by atoms with Crippen molar-refractivity contribution in [3.63, 3.8) is 0 Å². The molecular weight excluding hydrogens is 437 g/mol. The highest BCUT2D eigenvalue weighted by Crippen LogP contribution is 2.37. The van der Waals surface area contributed by atoms with Crippen LogP contribution < -0.4 is 4.74 Å². The minimum absolute atomic E-state index is 0.0841. The molecule has 0 aliphatic carbocycles. The molecule has 4 aromatic rings. The van der Waals surface area contributed by atoms with Crippen molar-refractivity contribution in [2.24, 2.45) is 0 Å². The lowest BCUT2D eigenvalue weighted by Crippen LogP contribution is -2.25. The number of hydrogen-bond acceptors (Lipinski definition) is 4. The summed E-state index contributed by atoms with van der Waals surface area (Å²) in [6, 6.07) is 17.1. The summed E-state index contributed by atoms with van der Waals surface area (Å²) < 4.78 is 53.3. The lowest BCUT2D eigenvalue weighted by molar-refractivity contribution is -0.0512. The van der Waals surface area contributed by atoms with Crippen molar-refractivity contribution in [1.82, 2.24) is 9.55 Å². The lowest BCUT2D eigenvalue weighted by atomic mass is 10.0. The van der Waals surface area contributed by atoms with Crippen LogP contribution in [0.2, 0.25) is 0 Å². The molecule has 1 aliphatic heterocycles. The predicted octanol–water partition coefficient (Wildman–Crippen LogP) is 6.29. The lowest BCUT2D eigenvalue weighted by Gasteiger charge is -2.28. The number of nitrogens with zero attached hydrogens (tertiary/aromatic N) is 2. The molecule has 0 bridgehead atoms. The van der Waals surface area contributed by atoms with Gasteiger partial charge in [0.15, 0.2) is 0 Å². The van der Waals surface area contributed by atoms with E-state index in [-0.39, 0.29) is 24.8 Å². The quantitative estimate of drug-likeness (QED) is 0.331. The van der Waals surface area contributed by atoms with Gasteiger partial charge in [0.1, 0.15) is 24.0 Å². The van der Waals surface area contributed by atoms with Gasteiger partial charge in [-0.3, -0.25) is 0 Å². The highest BCUT2D eigenvalue weighted by molar-refractivity contribution is 7.98. The third kappa shape index (κ3) is 3.73. The zero-order valence-electron chi connectivity index (χ0n) is 17.1. The van der Waals surface area contributed by atoms with E-state index >= 15 is 0 Å². The smallest absolute Gasteiger partial charge is 0.387 e. The van der Waals surface area contributed by atoms with Gasteiger partial charge < -0.3 is 14.0 Å². The van der Waals surface area contributed by atoms with Gasteiger partial charge in [0.2, 0.25) is 0 Å². The average Bonchev–Trinajstić information content (AvgIpc) is 3.16. The molecule has 0 saturated heterocycles. The second-order valence-corrected chi connectivity index (χ2v) is 8.27. The Morgan fingerprint density at radius 2 is 1.91 bits per heavy atom. The molecule has 8 heteroatoms. The van der Waals surface area contributed by atoms with Crippen LogP contribution in [0.25, 0.3) is 22.2 Å². The fourth-order valence-electron chi connectivity index (χ4n) is 4.13. The zero-order valence-corrected chi connectivity index (χ0v) is 17.9. The minimum atomic E-state index is -2.94. The number of hydrogen-bond donors (Lipinski definition) is 0. The van der Waals surface area contributed by atoms with E-state index < -0.39 is 12.7 Å². The van der Waals surface area contributed by atoms with Gasteiger partial charge >= 0.3 is 6.61 Å². The number of aromatic nitrogens is 2. The Labute approximate surface area is 187 Å². The maximum absolute atomic E-state index is 15.0. The summed E-state index contributed by atoms with van der Waals surface area (Å²) in [7, 11) is 0. The van der Waals surface area contributed by atoms with E-state index in [0.29, 0.717) is 28.0 Å². The third-order valence-electron chi connectivity index (χ3n) is 5.56. The number of benzene rings is 3. The van der Waals surface area contributed by atoms with Crippen LogP contribution in [0.3, 0.4) is 0 Å². The monoisotopic (exact) mass is 456 g/mol. The van der Waals surface area contributed by atoms with Crippen molar-refractivity contribution in [1.29, 1.82) is 0 Å². The molecule has 0 fully saturated rings. The first-order chi connectivity index (χ1) is 15.5. The zero-order chi connectivity index (χ0) is 22.2. The molecule has 0 spiro atoms. The third-order valence-corrected chi connectivity index (χ3v) is 6.31. The van der Waals surface area contributed by atoms with Crippen LogP contribution in [-0.2, 0) is 11.3 Å². The van der Waals surface area contributed by atoms with Gasteiger partial charge in [-0.1, -0.05) is 30.3 Å². The Morgan fingerprint density at radius 1 is 1.12 bits per heavy atom. The number of halogens is 3. The van der Waals surface area contributed by atoms with E-state index in [4.69, 9.17) is 9.47 Å². The number of fused-ring (bicyclic) bond motifs is 3. The number of thioether (sulfide) groups is 1. The van der Waals surface area contributed by atoms with E-state index in [1.807, 2.05) is 35.1 Å². The second-order valence-electron chi connectivity index (χ2n) is 7.39.